The van der Waals surface area contributed by atoms with Gasteiger partial charge in [-0.15, -0.1) is 0 Å². The van der Waals surface area contributed by atoms with Gasteiger partial charge in [-0.1, -0.05) is 64.1 Å². The van der Waals surface area contributed by atoms with Gasteiger partial charge >= 0.3 is 0 Å². The highest BCUT2D eigenvalue weighted by Crippen LogP contribution is 2.54. The zero-order chi connectivity index (χ0) is 45.5. The largest absolute Gasteiger partial charge is 0.507 e. The number of benzene rings is 6. The molecule has 0 heterocycles. The normalized spacial score (nSPS) is 14.2. The molecule has 4 atom stereocenters. The lowest BCUT2D eigenvalue weighted by molar-refractivity contribution is -0.0152. The van der Waals surface area contributed by atoms with Crippen LogP contribution in [0.3, 0.4) is 0 Å². The van der Waals surface area contributed by atoms with Crippen molar-refractivity contribution < 1.29 is 61.3 Å². The summed E-state index contributed by atoms with van der Waals surface area (Å²) < 4.78 is 0. The first kappa shape index (κ1) is 45.3. The number of aliphatic hydroxyl groups excluding tert-OH is 6. The molecular weight excluding hydrogens is 797 g/mol. The minimum Gasteiger partial charge on any atom is -0.507 e. The van der Waals surface area contributed by atoms with Crippen LogP contribution in [0, 0.1) is 13.8 Å². The number of aliphatic hydroxyl groups is 6. The van der Waals surface area contributed by atoms with Crippen molar-refractivity contribution in [3.63, 3.8) is 0 Å². The van der Waals surface area contributed by atoms with E-state index in [2.05, 4.69) is 9.98 Å². The molecule has 0 aliphatic carbocycles. The zero-order valence-electron chi connectivity index (χ0n) is 35.1. The maximum absolute atomic E-state index is 12.5. The van der Waals surface area contributed by atoms with E-state index >= 15 is 0 Å². The number of hydrogen-bond acceptors (Lipinski definition) is 14. The molecule has 12 N–H and O–H groups in total. The first-order chi connectivity index (χ1) is 29.3. The number of fused-ring (bicyclic) bond motifs is 2. The van der Waals surface area contributed by atoms with Crippen LogP contribution in [-0.2, 0) is 0 Å². The summed E-state index contributed by atoms with van der Waals surface area (Å²) in [4.78, 5) is 8.97. The molecule has 6 aromatic carbocycles. The summed E-state index contributed by atoms with van der Waals surface area (Å²) in [5.74, 6) is -3.30. The second kappa shape index (κ2) is 18.0. The fourth-order valence-corrected chi connectivity index (χ4v) is 8.06. The van der Waals surface area contributed by atoms with E-state index in [0.29, 0.717) is 55.5 Å². The van der Waals surface area contributed by atoms with Gasteiger partial charge in [-0.2, -0.15) is 0 Å². The average molecular weight is 849 g/mol. The van der Waals surface area contributed by atoms with Crippen LogP contribution in [-0.4, -0.2) is 99.1 Å². The summed E-state index contributed by atoms with van der Waals surface area (Å²) in [6, 6.07) is 15.6. The fourth-order valence-electron chi connectivity index (χ4n) is 8.06. The Morgan fingerprint density at radius 1 is 0.484 bits per heavy atom. The van der Waals surface area contributed by atoms with Gasteiger partial charge in [0.1, 0.15) is 35.9 Å². The Balaban J connectivity index is 1.60. The molecule has 4 unspecified atom stereocenters. The Morgan fingerprint density at radius 2 is 0.806 bits per heavy atom. The van der Waals surface area contributed by atoms with Crippen molar-refractivity contribution in [2.75, 3.05) is 13.2 Å². The highest BCUT2D eigenvalue weighted by Gasteiger charge is 2.30. The van der Waals surface area contributed by atoms with E-state index in [4.69, 9.17) is 0 Å². The highest BCUT2D eigenvalue weighted by molar-refractivity contribution is 6.15. The third kappa shape index (κ3) is 8.11. The van der Waals surface area contributed by atoms with Crippen molar-refractivity contribution >= 4 is 45.3 Å². The number of nitrogens with zero attached hydrogens (tertiary/aromatic N) is 2. The summed E-state index contributed by atoms with van der Waals surface area (Å²) >= 11 is 0. The second-order valence-corrected chi connectivity index (χ2v) is 16.1. The molecule has 0 fully saturated rings. The minimum absolute atomic E-state index is 0.0414. The molecule has 0 aliphatic rings. The Labute approximate surface area is 357 Å². The fraction of sp³-hybridized carbons (Fsp3) is 0.292. The van der Waals surface area contributed by atoms with E-state index in [0.717, 1.165) is 0 Å². The Hall–Kier alpha value is -6.26. The van der Waals surface area contributed by atoms with E-state index in [9.17, 15) is 61.3 Å². The van der Waals surface area contributed by atoms with E-state index in [-0.39, 0.29) is 56.4 Å². The van der Waals surface area contributed by atoms with E-state index in [1.54, 1.807) is 26.0 Å². The molecule has 0 saturated carbocycles. The molecule has 326 valence electrons. The lowest BCUT2D eigenvalue weighted by Gasteiger charge is -2.23. The highest BCUT2D eigenvalue weighted by atomic mass is 16.4. The molecule has 0 aliphatic heterocycles. The van der Waals surface area contributed by atoms with Crippen LogP contribution in [0.2, 0.25) is 0 Å². The first-order valence-electron chi connectivity index (χ1n) is 20.0. The Morgan fingerprint density at radius 3 is 1.10 bits per heavy atom. The zero-order valence-corrected chi connectivity index (χ0v) is 35.1. The lowest BCUT2D eigenvalue weighted by atomic mass is 9.83. The van der Waals surface area contributed by atoms with Crippen molar-refractivity contribution in [1.82, 2.24) is 0 Å². The van der Waals surface area contributed by atoms with Crippen LogP contribution < -0.4 is 0 Å². The molecular formula is C48H52N2O12. The molecule has 14 nitrogen and oxygen atoms in total. The van der Waals surface area contributed by atoms with Gasteiger partial charge in [0.15, 0.2) is 23.0 Å². The second-order valence-electron chi connectivity index (χ2n) is 16.1. The molecule has 0 radical (unpaired) electrons. The van der Waals surface area contributed by atoms with Gasteiger partial charge in [-0.3, -0.25) is 9.98 Å². The SMILES string of the molecule is Cc1cc2c(C(C)C)c(O)c(O)c(C=Nc3ccc(C(O)C(O)CO)cc3)c2c(O)c1-c1c(C)cc2c(C(C)C)c(O)c(O)c(C=Nc3ccc(C(O)C(O)CO)cc3)c2c1O. The number of aliphatic imine (C=N–C) groups is 2. The summed E-state index contributed by atoms with van der Waals surface area (Å²) in [7, 11) is 0. The van der Waals surface area contributed by atoms with Gasteiger partial charge in [-0.05, 0) is 83.0 Å². The van der Waals surface area contributed by atoms with Crippen LogP contribution in [0.1, 0.15) is 96.2 Å². The van der Waals surface area contributed by atoms with Gasteiger partial charge < -0.3 is 61.3 Å². The molecule has 6 rings (SSSR count). The van der Waals surface area contributed by atoms with Crippen LogP contribution in [0.5, 0.6) is 34.5 Å². The van der Waals surface area contributed by atoms with Crippen LogP contribution >= 0.6 is 0 Å². The Bertz CT molecular complexity index is 2520. The van der Waals surface area contributed by atoms with Crippen molar-refractivity contribution in [2.45, 2.75) is 77.8 Å². The smallest absolute Gasteiger partial charge is 0.167 e. The number of aromatic hydroxyl groups is 6. The topological polar surface area (TPSA) is 267 Å². The Kier molecular flexibility index (Phi) is 13.1. The molecule has 14 heteroatoms. The number of phenols is 6. The summed E-state index contributed by atoms with van der Waals surface area (Å²) in [6.07, 6.45) is -2.93. The van der Waals surface area contributed by atoms with E-state index in [1.165, 1.54) is 61.0 Å². The third-order valence-corrected chi connectivity index (χ3v) is 11.2. The van der Waals surface area contributed by atoms with Crippen molar-refractivity contribution in [3.8, 4) is 45.6 Å². The molecule has 0 aromatic heterocycles. The van der Waals surface area contributed by atoms with Crippen molar-refractivity contribution in [3.05, 3.63) is 105 Å². The van der Waals surface area contributed by atoms with Gasteiger partial charge in [-0.25, -0.2) is 0 Å². The van der Waals surface area contributed by atoms with Crippen LogP contribution in [0.15, 0.2) is 70.6 Å². The number of aryl methyl sites for hydroxylation is 2. The van der Waals surface area contributed by atoms with E-state index in [1.807, 2.05) is 27.7 Å². The molecule has 6 aromatic rings. The lowest BCUT2D eigenvalue weighted by Crippen LogP contribution is -2.21. The number of phenolic OH excluding ortho intramolecular Hbond substituents is 6. The van der Waals surface area contributed by atoms with Crippen molar-refractivity contribution in [1.29, 1.82) is 0 Å². The van der Waals surface area contributed by atoms with E-state index < -0.39 is 60.6 Å². The predicted molar refractivity (Wildman–Crippen MR) is 238 cm³/mol. The van der Waals surface area contributed by atoms with Crippen molar-refractivity contribution in [2.24, 2.45) is 9.98 Å². The molecule has 0 saturated heterocycles. The summed E-state index contributed by atoms with van der Waals surface area (Å²) in [6.45, 7) is 9.44. The van der Waals surface area contributed by atoms with Crippen LogP contribution in [0.4, 0.5) is 11.4 Å². The monoisotopic (exact) mass is 848 g/mol. The van der Waals surface area contributed by atoms with Gasteiger partial charge in [0.2, 0.25) is 0 Å². The summed E-state index contributed by atoms with van der Waals surface area (Å²) in [5.41, 5.74) is 3.28. The predicted octanol–water partition coefficient (Wildman–Crippen LogP) is 7.03. The number of hydrogen-bond donors (Lipinski definition) is 12. The van der Waals surface area contributed by atoms with Gasteiger partial charge in [0.05, 0.1) is 35.7 Å². The average Bonchev–Trinajstić information content (AvgIpc) is 3.24. The quantitative estimate of drug-likeness (QED) is 0.0413. The third-order valence-electron chi connectivity index (χ3n) is 11.2. The molecule has 0 bridgehead atoms. The minimum atomic E-state index is -1.39. The molecule has 0 amide bonds. The molecule has 62 heavy (non-hydrogen) atoms. The van der Waals surface area contributed by atoms with Crippen LogP contribution in [0.25, 0.3) is 32.7 Å². The van der Waals surface area contributed by atoms with Gasteiger partial charge in [0.25, 0.3) is 0 Å². The summed E-state index contributed by atoms with van der Waals surface area (Å²) in [5, 5.41) is 131. The van der Waals surface area contributed by atoms with Gasteiger partial charge in [0, 0.05) is 45.5 Å². The molecule has 0 spiro atoms. The maximum atomic E-state index is 12.5. The number of rotatable bonds is 13. The first-order valence-corrected chi connectivity index (χ1v) is 20.0. The standard InChI is InChI=1S/C48H52N2O12/c1-21(2)35-29-15-23(5)37(45(59)39(29)31(43(57)47(35)61)17-49-27-11-7-25(8-12-27)41(55)33(53)19-51)38-24(6)16-30-36(22(3)4)48(62)44(58)32(40(30)46(38)60)18-50-28-13-9-26(10-14-28)42(56)34(54)20-52/h7-18,21-22,33-34,41-42,51-62H,19-20H2,1-6H3. The maximum Gasteiger partial charge on any atom is 0.167 e.